The van der Waals surface area contributed by atoms with Crippen LogP contribution in [0.2, 0.25) is 0 Å². The van der Waals surface area contributed by atoms with E-state index in [1.54, 1.807) is 0 Å². The van der Waals surface area contributed by atoms with Gasteiger partial charge in [-0.25, -0.2) is 0 Å². The zero-order valence-electron chi connectivity index (χ0n) is 20.1. The molecule has 0 bridgehead atoms. The Hall–Kier alpha value is -2.53. The number of hydrogen-bond donors (Lipinski definition) is 1. The molecule has 1 fully saturated rings. The molecule has 0 aromatic carbocycles. The molecule has 1 saturated heterocycles. The predicted molar refractivity (Wildman–Crippen MR) is 114 cm³/mol. The van der Waals surface area contributed by atoms with Crippen molar-refractivity contribution in [2.24, 2.45) is 5.92 Å². The Morgan fingerprint density at radius 2 is 1.48 bits per heavy atom. The van der Waals surface area contributed by atoms with Crippen LogP contribution in [-0.2, 0) is 47.7 Å². The van der Waals surface area contributed by atoms with Gasteiger partial charge in [-0.3, -0.25) is 24.0 Å². The van der Waals surface area contributed by atoms with E-state index in [2.05, 4.69) is 5.32 Å². The zero-order chi connectivity index (χ0) is 25.1. The summed E-state index contributed by atoms with van der Waals surface area (Å²) in [7, 11) is 0. The van der Waals surface area contributed by atoms with Crippen LogP contribution in [0.25, 0.3) is 0 Å². The molecule has 1 rings (SSSR count). The van der Waals surface area contributed by atoms with Gasteiger partial charge in [-0.05, 0) is 12.8 Å². The molecule has 11 heteroatoms. The first kappa shape index (κ1) is 28.5. The molecule has 0 aromatic rings. The fourth-order valence-electron chi connectivity index (χ4n) is 3.32. The Labute approximate surface area is 193 Å². The van der Waals surface area contributed by atoms with Gasteiger partial charge in [0.05, 0.1) is 0 Å². The van der Waals surface area contributed by atoms with Gasteiger partial charge in [0, 0.05) is 46.6 Å². The highest BCUT2D eigenvalue weighted by molar-refractivity contribution is 5.80. The minimum atomic E-state index is -1.16. The maximum absolute atomic E-state index is 11.9. The first-order chi connectivity index (χ1) is 15.4. The van der Waals surface area contributed by atoms with E-state index in [4.69, 9.17) is 23.7 Å². The van der Waals surface area contributed by atoms with Crippen LogP contribution in [0, 0.1) is 5.92 Å². The molecule has 0 radical (unpaired) electrons. The van der Waals surface area contributed by atoms with Crippen LogP contribution in [0.1, 0.15) is 60.8 Å². The molecular weight excluding hydrogens is 438 g/mol. The predicted octanol–water partition coefficient (Wildman–Crippen LogP) is 1.05. The number of amides is 1. The maximum Gasteiger partial charge on any atom is 0.303 e. The third-order valence-corrected chi connectivity index (χ3v) is 4.81. The summed E-state index contributed by atoms with van der Waals surface area (Å²) in [5.74, 6) is -2.27. The SMILES string of the molecule is CC(=O)NC1C(OCCCCC(=O)C(C)C)OC(COC(C)=O)C(OC(C)=O)C1OC(C)=O. The first-order valence-electron chi connectivity index (χ1n) is 11.0. The molecule has 0 aromatic heterocycles. The molecule has 5 atom stereocenters. The van der Waals surface area contributed by atoms with E-state index in [-0.39, 0.29) is 24.9 Å². The zero-order valence-corrected chi connectivity index (χ0v) is 20.1. The van der Waals surface area contributed by atoms with E-state index in [1.165, 1.54) is 27.7 Å². The number of unbranched alkanes of at least 4 members (excludes halogenated alkanes) is 1. The fraction of sp³-hybridized carbons (Fsp3) is 0.773. The van der Waals surface area contributed by atoms with Gasteiger partial charge < -0.3 is 29.0 Å². The van der Waals surface area contributed by atoms with E-state index < -0.39 is 54.5 Å². The summed E-state index contributed by atoms with van der Waals surface area (Å²) in [4.78, 5) is 58.5. The lowest BCUT2D eigenvalue weighted by Crippen LogP contribution is -2.66. The lowest BCUT2D eigenvalue weighted by atomic mass is 9.96. The molecule has 1 heterocycles. The quantitative estimate of drug-likeness (QED) is 0.248. The summed E-state index contributed by atoms with van der Waals surface area (Å²) in [6.45, 7) is 8.40. The summed E-state index contributed by atoms with van der Waals surface area (Å²) >= 11 is 0. The number of esters is 3. The average molecular weight is 474 g/mol. The molecule has 188 valence electrons. The van der Waals surface area contributed by atoms with Gasteiger partial charge in [-0.1, -0.05) is 13.8 Å². The number of ether oxygens (including phenoxy) is 5. The summed E-state index contributed by atoms with van der Waals surface area (Å²) in [6, 6.07) is -0.998. The monoisotopic (exact) mass is 473 g/mol. The third-order valence-electron chi connectivity index (χ3n) is 4.81. The topological polar surface area (TPSA) is 144 Å². The van der Waals surface area contributed by atoms with Crippen LogP contribution in [0.3, 0.4) is 0 Å². The molecule has 0 spiro atoms. The highest BCUT2D eigenvalue weighted by atomic mass is 16.7. The standard InChI is InChI=1S/C22H35NO10/c1-12(2)17(28)9-7-8-10-29-22-19(23-13(3)24)21(32-16(6)27)20(31-15(5)26)18(33-22)11-30-14(4)25/h12,18-22H,7-11H2,1-6H3,(H,23,24). The normalized spacial score (nSPS) is 24.6. The van der Waals surface area contributed by atoms with E-state index in [0.717, 1.165) is 0 Å². The van der Waals surface area contributed by atoms with Gasteiger partial charge in [-0.15, -0.1) is 0 Å². The molecule has 1 amide bonds. The second-order valence-corrected chi connectivity index (χ2v) is 8.17. The van der Waals surface area contributed by atoms with Gasteiger partial charge in [0.25, 0.3) is 0 Å². The van der Waals surface area contributed by atoms with Crippen molar-refractivity contribution in [2.45, 2.75) is 91.4 Å². The highest BCUT2D eigenvalue weighted by Gasteiger charge is 2.51. The number of hydrogen-bond acceptors (Lipinski definition) is 10. The van der Waals surface area contributed by atoms with Crippen molar-refractivity contribution in [1.82, 2.24) is 5.32 Å². The Kier molecular flexibility index (Phi) is 12.0. The molecule has 0 aliphatic carbocycles. The average Bonchev–Trinajstić information content (AvgIpc) is 2.68. The van der Waals surface area contributed by atoms with Crippen molar-refractivity contribution in [1.29, 1.82) is 0 Å². The van der Waals surface area contributed by atoms with Crippen LogP contribution in [-0.4, -0.2) is 73.5 Å². The fourth-order valence-corrected chi connectivity index (χ4v) is 3.32. The van der Waals surface area contributed by atoms with Crippen molar-refractivity contribution in [3.05, 3.63) is 0 Å². The molecule has 5 unspecified atom stereocenters. The molecule has 1 aliphatic rings. The van der Waals surface area contributed by atoms with Gasteiger partial charge in [0.15, 0.2) is 18.5 Å². The minimum absolute atomic E-state index is 0.0403. The van der Waals surface area contributed by atoms with Crippen LogP contribution < -0.4 is 5.32 Å². The van der Waals surface area contributed by atoms with Crippen LogP contribution in [0.4, 0.5) is 0 Å². The van der Waals surface area contributed by atoms with Crippen molar-refractivity contribution >= 4 is 29.6 Å². The smallest absolute Gasteiger partial charge is 0.303 e. The summed E-state index contributed by atoms with van der Waals surface area (Å²) in [5.41, 5.74) is 0. The lowest BCUT2D eigenvalue weighted by molar-refractivity contribution is -0.277. The Morgan fingerprint density at radius 3 is 2.00 bits per heavy atom. The molecular formula is C22H35NO10. The highest BCUT2D eigenvalue weighted by Crippen LogP contribution is 2.28. The van der Waals surface area contributed by atoms with E-state index in [0.29, 0.717) is 19.3 Å². The largest absolute Gasteiger partial charge is 0.463 e. The van der Waals surface area contributed by atoms with E-state index >= 15 is 0 Å². The van der Waals surface area contributed by atoms with Crippen molar-refractivity contribution < 1.29 is 47.7 Å². The number of rotatable bonds is 12. The van der Waals surface area contributed by atoms with E-state index in [9.17, 15) is 24.0 Å². The van der Waals surface area contributed by atoms with E-state index in [1.807, 2.05) is 13.8 Å². The van der Waals surface area contributed by atoms with Crippen molar-refractivity contribution in [2.75, 3.05) is 13.2 Å². The van der Waals surface area contributed by atoms with Gasteiger partial charge >= 0.3 is 17.9 Å². The first-order valence-corrected chi connectivity index (χ1v) is 11.0. The maximum atomic E-state index is 11.9. The van der Waals surface area contributed by atoms with Crippen LogP contribution >= 0.6 is 0 Å². The van der Waals surface area contributed by atoms with Crippen molar-refractivity contribution in [3.63, 3.8) is 0 Å². The third kappa shape index (κ3) is 10.3. The second-order valence-electron chi connectivity index (χ2n) is 8.17. The van der Waals surface area contributed by atoms with Crippen LogP contribution in [0.5, 0.6) is 0 Å². The van der Waals surface area contributed by atoms with Gasteiger partial charge in [0.1, 0.15) is 24.5 Å². The number of Topliss-reactive ketones (excluding diaryl/α,β-unsaturated/α-hetero) is 1. The Balaban J connectivity index is 3.05. The second kappa shape index (κ2) is 13.9. The molecule has 0 saturated carbocycles. The number of carbonyl (C=O) groups is 5. The molecule has 1 aliphatic heterocycles. The molecule has 33 heavy (non-hydrogen) atoms. The molecule has 1 N–H and O–H groups in total. The summed E-state index contributed by atoms with van der Waals surface area (Å²) in [6.07, 6.45) is -2.85. The van der Waals surface area contributed by atoms with Crippen LogP contribution in [0.15, 0.2) is 0 Å². The van der Waals surface area contributed by atoms with Gasteiger partial charge in [0.2, 0.25) is 5.91 Å². The number of ketones is 1. The number of nitrogens with one attached hydrogen (secondary N) is 1. The summed E-state index contributed by atoms with van der Waals surface area (Å²) in [5, 5.41) is 2.63. The van der Waals surface area contributed by atoms with Gasteiger partial charge in [-0.2, -0.15) is 0 Å². The van der Waals surface area contributed by atoms with Crippen molar-refractivity contribution in [3.8, 4) is 0 Å². The number of carbonyl (C=O) groups excluding carboxylic acids is 5. The lowest BCUT2D eigenvalue weighted by Gasteiger charge is -2.44. The Morgan fingerprint density at radius 1 is 0.879 bits per heavy atom. The Bertz CT molecular complexity index is 707. The molecule has 11 nitrogen and oxygen atoms in total. The minimum Gasteiger partial charge on any atom is -0.463 e. The summed E-state index contributed by atoms with van der Waals surface area (Å²) < 4.78 is 27.5.